The van der Waals surface area contributed by atoms with Crippen LogP contribution in [0.2, 0.25) is 10.0 Å². The first-order valence-corrected chi connectivity index (χ1v) is 8.33. The Bertz CT molecular complexity index is 868. The maximum atomic E-state index is 11.7. The van der Waals surface area contributed by atoms with E-state index in [0.717, 1.165) is 11.3 Å². The van der Waals surface area contributed by atoms with E-state index >= 15 is 0 Å². The zero-order chi connectivity index (χ0) is 18.4. The quantitative estimate of drug-likeness (QED) is 0.597. The predicted molar refractivity (Wildman–Crippen MR) is 100 cm³/mol. The summed E-state index contributed by atoms with van der Waals surface area (Å²) < 4.78 is 15.8. The highest BCUT2D eigenvalue weighted by Crippen LogP contribution is 2.32. The van der Waals surface area contributed by atoms with E-state index in [9.17, 15) is 4.79 Å². The minimum absolute atomic E-state index is 0.233. The zero-order valence-corrected chi connectivity index (χ0v) is 15.0. The Morgan fingerprint density at radius 1 is 1.19 bits per heavy atom. The average Bonchev–Trinajstić information content (AvgIpc) is 3.10. The Kier molecular flexibility index (Phi) is 5.99. The lowest BCUT2D eigenvalue weighted by atomic mass is 10.2. The summed E-state index contributed by atoms with van der Waals surface area (Å²) in [7, 11) is 0. The van der Waals surface area contributed by atoms with Crippen molar-refractivity contribution in [1.82, 2.24) is 5.43 Å². The summed E-state index contributed by atoms with van der Waals surface area (Å²) in [5.41, 5.74) is 3.27. The number of hydrogen-bond acceptors (Lipinski definition) is 5. The van der Waals surface area contributed by atoms with E-state index < -0.39 is 5.91 Å². The van der Waals surface area contributed by atoms with Crippen LogP contribution in [-0.2, 0) is 4.79 Å². The lowest BCUT2D eigenvalue weighted by Crippen LogP contribution is -2.24. The van der Waals surface area contributed by atoms with E-state index in [1.165, 1.54) is 12.3 Å². The minimum atomic E-state index is -0.422. The lowest BCUT2D eigenvalue weighted by Gasteiger charge is -2.06. The van der Waals surface area contributed by atoms with Gasteiger partial charge in [-0.1, -0.05) is 35.3 Å². The highest BCUT2D eigenvalue weighted by Gasteiger charge is 2.12. The van der Waals surface area contributed by atoms with Gasteiger partial charge in [-0.05, 0) is 35.9 Å². The van der Waals surface area contributed by atoms with E-state index in [1.54, 1.807) is 18.2 Å². The Balaban J connectivity index is 1.44. The molecule has 0 radical (unpaired) electrons. The van der Waals surface area contributed by atoms with Gasteiger partial charge in [-0.3, -0.25) is 4.79 Å². The molecule has 1 aliphatic rings. The first-order chi connectivity index (χ1) is 12.6. The number of nitrogens with one attached hydrogen (secondary N) is 1. The number of ether oxygens (including phenoxy) is 3. The molecule has 6 nitrogen and oxygen atoms in total. The molecule has 8 heteroatoms. The van der Waals surface area contributed by atoms with Gasteiger partial charge < -0.3 is 14.2 Å². The molecule has 2 aromatic rings. The van der Waals surface area contributed by atoms with Crippen LogP contribution in [0.25, 0.3) is 6.08 Å². The number of hydrogen-bond donors (Lipinski definition) is 1. The number of benzene rings is 2. The van der Waals surface area contributed by atoms with Gasteiger partial charge in [-0.2, -0.15) is 5.10 Å². The van der Waals surface area contributed by atoms with E-state index in [4.69, 9.17) is 37.4 Å². The standard InChI is InChI=1S/C18H14Cl2N2O4/c19-13-4-5-14(20)16(9-13)24-10-18(23)22-21-7-1-2-12-3-6-15-17(8-12)26-11-25-15/h1-9H,10-11H2,(H,22,23)/b2-1+,21-7+. The molecule has 0 fully saturated rings. The predicted octanol–water partition coefficient (Wildman–Crippen LogP) is 3.92. The fourth-order valence-corrected chi connectivity index (χ4v) is 2.42. The highest BCUT2D eigenvalue weighted by molar-refractivity contribution is 6.34. The van der Waals surface area contributed by atoms with Crippen molar-refractivity contribution in [2.75, 3.05) is 13.4 Å². The SMILES string of the molecule is O=C(COc1cc(Cl)ccc1Cl)N/N=C/C=C/c1ccc2c(c1)OCO2. The number of amides is 1. The van der Waals surface area contributed by atoms with Crippen molar-refractivity contribution in [3.63, 3.8) is 0 Å². The van der Waals surface area contributed by atoms with Crippen molar-refractivity contribution in [2.24, 2.45) is 5.10 Å². The maximum Gasteiger partial charge on any atom is 0.277 e. The van der Waals surface area contributed by atoms with Gasteiger partial charge in [0.05, 0.1) is 5.02 Å². The van der Waals surface area contributed by atoms with Gasteiger partial charge in [-0.15, -0.1) is 0 Å². The number of allylic oxidation sites excluding steroid dienone is 1. The van der Waals surface area contributed by atoms with E-state index in [0.29, 0.717) is 21.5 Å². The summed E-state index contributed by atoms with van der Waals surface area (Å²) in [5, 5.41) is 4.65. The van der Waals surface area contributed by atoms with Crippen LogP contribution in [0, 0.1) is 0 Å². The summed E-state index contributed by atoms with van der Waals surface area (Å²) in [5.74, 6) is 1.34. The summed E-state index contributed by atoms with van der Waals surface area (Å²) >= 11 is 11.8. The van der Waals surface area contributed by atoms with Crippen molar-refractivity contribution in [2.45, 2.75) is 0 Å². The molecule has 26 heavy (non-hydrogen) atoms. The molecule has 0 aromatic heterocycles. The molecule has 1 aliphatic heterocycles. The van der Waals surface area contributed by atoms with Crippen molar-refractivity contribution >= 4 is 41.4 Å². The third-order valence-electron chi connectivity index (χ3n) is 3.29. The van der Waals surface area contributed by atoms with Crippen molar-refractivity contribution in [3.05, 3.63) is 58.1 Å². The van der Waals surface area contributed by atoms with Gasteiger partial charge in [0.1, 0.15) is 5.75 Å². The van der Waals surface area contributed by atoms with Crippen LogP contribution < -0.4 is 19.6 Å². The van der Waals surface area contributed by atoms with E-state index in [2.05, 4.69) is 10.5 Å². The van der Waals surface area contributed by atoms with Crippen molar-refractivity contribution < 1.29 is 19.0 Å². The molecule has 0 spiro atoms. The average molecular weight is 393 g/mol. The molecule has 1 amide bonds. The van der Waals surface area contributed by atoms with Crippen LogP contribution in [-0.4, -0.2) is 25.5 Å². The summed E-state index contributed by atoms with van der Waals surface area (Å²) in [6.07, 6.45) is 4.96. The summed E-state index contributed by atoms with van der Waals surface area (Å²) in [4.78, 5) is 11.7. The third kappa shape index (κ3) is 4.91. The van der Waals surface area contributed by atoms with Gasteiger partial charge in [0.2, 0.25) is 6.79 Å². The second kappa shape index (κ2) is 8.60. The number of rotatable bonds is 6. The Morgan fingerprint density at radius 3 is 2.92 bits per heavy atom. The van der Waals surface area contributed by atoms with Crippen molar-refractivity contribution in [1.29, 1.82) is 0 Å². The molecule has 1 N–H and O–H groups in total. The molecule has 0 bridgehead atoms. The normalized spacial score (nSPS) is 12.7. The number of carbonyl (C=O) groups excluding carboxylic acids is 1. The fraction of sp³-hybridized carbons (Fsp3) is 0.111. The minimum Gasteiger partial charge on any atom is -0.482 e. The van der Waals surface area contributed by atoms with Crippen LogP contribution in [0.1, 0.15) is 5.56 Å². The molecule has 134 valence electrons. The second-order valence-electron chi connectivity index (χ2n) is 5.15. The molecule has 0 atom stereocenters. The monoisotopic (exact) mass is 392 g/mol. The molecule has 1 heterocycles. The van der Waals surface area contributed by atoms with E-state index in [-0.39, 0.29) is 13.4 Å². The summed E-state index contributed by atoms with van der Waals surface area (Å²) in [6.45, 7) is 0.00172. The highest BCUT2D eigenvalue weighted by atomic mass is 35.5. The lowest BCUT2D eigenvalue weighted by molar-refractivity contribution is -0.123. The number of halogens is 2. The number of nitrogens with zero attached hydrogens (tertiary/aromatic N) is 1. The molecule has 0 unspecified atom stereocenters. The van der Waals surface area contributed by atoms with Crippen LogP contribution in [0.4, 0.5) is 0 Å². The van der Waals surface area contributed by atoms with Crippen LogP contribution >= 0.6 is 23.2 Å². The topological polar surface area (TPSA) is 69.2 Å². The number of hydrazone groups is 1. The third-order valence-corrected chi connectivity index (χ3v) is 3.83. The van der Waals surface area contributed by atoms with Gasteiger partial charge >= 0.3 is 0 Å². The Morgan fingerprint density at radius 2 is 2.04 bits per heavy atom. The van der Waals surface area contributed by atoms with Gasteiger partial charge in [-0.25, -0.2) is 5.43 Å². The molecule has 0 aliphatic carbocycles. The van der Waals surface area contributed by atoms with Gasteiger partial charge in [0.15, 0.2) is 18.1 Å². The first-order valence-electron chi connectivity index (χ1n) is 7.58. The largest absolute Gasteiger partial charge is 0.482 e. The first kappa shape index (κ1) is 18.1. The zero-order valence-electron chi connectivity index (χ0n) is 13.4. The van der Waals surface area contributed by atoms with Crippen LogP contribution in [0.5, 0.6) is 17.2 Å². The second-order valence-corrected chi connectivity index (χ2v) is 5.99. The van der Waals surface area contributed by atoms with Gasteiger partial charge in [0, 0.05) is 17.3 Å². The number of fused-ring (bicyclic) bond motifs is 1. The van der Waals surface area contributed by atoms with Crippen LogP contribution in [0.3, 0.4) is 0 Å². The molecule has 3 rings (SSSR count). The smallest absolute Gasteiger partial charge is 0.277 e. The van der Waals surface area contributed by atoms with Gasteiger partial charge in [0.25, 0.3) is 5.91 Å². The molecule has 2 aromatic carbocycles. The number of carbonyl (C=O) groups is 1. The molecule has 0 saturated carbocycles. The Labute approximate surface area is 160 Å². The van der Waals surface area contributed by atoms with Crippen molar-refractivity contribution in [3.8, 4) is 17.2 Å². The maximum absolute atomic E-state index is 11.7. The van der Waals surface area contributed by atoms with Crippen LogP contribution in [0.15, 0.2) is 47.6 Å². The summed E-state index contributed by atoms with van der Waals surface area (Å²) in [6, 6.07) is 10.3. The molecular weight excluding hydrogens is 379 g/mol. The molecular formula is C18H14Cl2N2O4. The fourth-order valence-electron chi connectivity index (χ4n) is 2.09. The Hall–Kier alpha value is -2.70. The van der Waals surface area contributed by atoms with E-state index in [1.807, 2.05) is 24.3 Å². The molecule has 0 saturated heterocycles.